The summed E-state index contributed by atoms with van der Waals surface area (Å²) in [7, 11) is -0.759. The monoisotopic (exact) mass is 613 g/mol. The number of aromatic hydroxyl groups is 2. The minimum atomic E-state index is -3.77. The van der Waals surface area contributed by atoms with E-state index in [1.807, 2.05) is 6.92 Å². The molecule has 2 aromatic heterocycles. The summed E-state index contributed by atoms with van der Waals surface area (Å²) in [4.78, 5) is 4.41. The molecule has 0 saturated heterocycles. The van der Waals surface area contributed by atoms with Gasteiger partial charge in [0.2, 0.25) is 21.8 Å². The molecule has 0 spiro atoms. The minimum Gasteiger partial charge on any atom is -0.506 e. The molecule has 0 fully saturated rings. The summed E-state index contributed by atoms with van der Waals surface area (Å²) >= 11 is 0. The van der Waals surface area contributed by atoms with Crippen molar-refractivity contribution in [1.29, 1.82) is 0 Å². The van der Waals surface area contributed by atoms with Gasteiger partial charge in [0.05, 0.1) is 42.4 Å². The van der Waals surface area contributed by atoms with Gasteiger partial charge in [0.25, 0.3) is 5.89 Å². The van der Waals surface area contributed by atoms with Crippen molar-refractivity contribution in [3.8, 4) is 45.7 Å². The van der Waals surface area contributed by atoms with Crippen LogP contribution in [0.4, 0.5) is 0 Å². The number of nitrogens with two attached hydrogens (primary N) is 1. The molecule has 0 aliphatic heterocycles. The van der Waals surface area contributed by atoms with E-state index in [9.17, 15) is 23.7 Å². The van der Waals surface area contributed by atoms with E-state index in [1.54, 1.807) is 30.3 Å². The zero-order valence-electron chi connectivity index (χ0n) is 24.1. The Bertz CT molecular complexity index is 1640. The normalized spacial score (nSPS) is 12.3. The molecule has 1 atom stereocenters. The summed E-state index contributed by atoms with van der Waals surface area (Å²) < 4.78 is 39.7. The number of aliphatic hydroxyl groups is 1. The Morgan fingerprint density at radius 3 is 2.26 bits per heavy atom. The van der Waals surface area contributed by atoms with Gasteiger partial charge in [0.15, 0.2) is 0 Å². The molecule has 4 aromatic rings. The van der Waals surface area contributed by atoms with Gasteiger partial charge in [-0.15, -0.1) is 10.2 Å². The maximum absolute atomic E-state index is 11.5. The highest BCUT2D eigenvalue weighted by Crippen LogP contribution is 2.49. The van der Waals surface area contributed by atoms with Crippen molar-refractivity contribution in [3.05, 3.63) is 59.6 Å². The molecule has 0 bridgehead atoms. The number of benzene rings is 2. The summed E-state index contributed by atoms with van der Waals surface area (Å²) in [6, 6.07) is 11.4. The predicted octanol–water partition coefficient (Wildman–Crippen LogP) is 2.91. The summed E-state index contributed by atoms with van der Waals surface area (Å²) in [5, 5.41) is 48.9. The summed E-state index contributed by atoms with van der Waals surface area (Å²) in [6.45, 7) is 2.39. The Hall–Kier alpha value is -4.24. The van der Waals surface area contributed by atoms with Crippen molar-refractivity contribution in [2.24, 2.45) is 5.14 Å². The van der Waals surface area contributed by atoms with Crippen molar-refractivity contribution in [2.75, 3.05) is 20.8 Å². The first-order valence-electron chi connectivity index (χ1n) is 13.6. The molecular formula is C29H35N5O8S. The number of nitrogens with one attached hydrogen (secondary N) is 1. The number of sulfonamides is 1. The fraction of sp³-hybridized carbons (Fsp3) is 0.345. The Morgan fingerprint density at radius 1 is 0.977 bits per heavy atom. The number of nitrogens with zero attached hydrogens (tertiary/aromatic N) is 3. The third-order valence-electron chi connectivity index (χ3n) is 6.77. The number of methoxy groups -OCH3 is 2. The van der Waals surface area contributed by atoms with Crippen molar-refractivity contribution >= 4 is 10.0 Å². The molecule has 0 aliphatic rings. The van der Waals surface area contributed by atoms with Crippen molar-refractivity contribution in [2.45, 2.75) is 50.2 Å². The Balaban J connectivity index is 1.55. The molecule has 2 aromatic carbocycles. The van der Waals surface area contributed by atoms with Gasteiger partial charge in [-0.05, 0) is 49.1 Å². The average molecular weight is 614 g/mol. The first-order chi connectivity index (χ1) is 20.6. The molecule has 0 aliphatic carbocycles. The smallest absolute Gasteiger partial charge is 0.256 e. The van der Waals surface area contributed by atoms with Crippen LogP contribution in [0.25, 0.3) is 22.6 Å². The topological polar surface area (TPSA) is 203 Å². The molecule has 0 radical (unpaired) electrons. The van der Waals surface area contributed by atoms with E-state index < -0.39 is 22.1 Å². The van der Waals surface area contributed by atoms with E-state index in [-0.39, 0.29) is 34.4 Å². The Labute approximate surface area is 249 Å². The van der Waals surface area contributed by atoms with Crippen LogP contribution in [0.5, 0.6) is 23.1 Å². The highest BCUT2D eigenvalue weighted by Gasteiger charge is 2.29. The first-order valence-corrected chi connectivity index (χ1v) is 15.1. The third-order valence-corrected chi connectivity index (χ3v) is 7.70. The number of aromatic nitrogens is 3. The lowest BCUT2D eigenvalue weighted by atomic mass is 9.95. The molecular weight excluding hydrogens is 578 g/mol. The fourth-order valence-corrected chi connectivity index (χ4v) is 5.11. The summed E-state index contributed by atoms with van der Waals surface area (Å²) in [6.07, 6.45) is 1.48. The molecule has 0 saturated carbocycles. The second-order valence-electron chi connectivity index (χ2n) is 9.74. The standard InChI is InChI=1S/C29H35N5O8S/c1-4-5-7-19-24(25-20(40-2)8-6-9-21(25)41-3)27(36)26(28(37)32-19)29-34-33-23(42-29)16-22(35)31-15-14-17-10-12-18(13-11-17)43(30,38)39/h6,8-13,22,31,35H,4-5,7,14-16H2,1-3H3,(H2,30,38,39)(H2,32,36,37). The number of aliphatic hydroxyl groups excluding tert-OH is 1. The van der Waals surface area contributed by atoms with Gasteiger partial charge < -0.3 is 29.2 Å². The molecule has 14 heteroatoms. The number of pyridine rings is 1. The van der Waals surface area contributed by atoms with Crippen LogP contribution >= 0.6 is 0 Å². The molecule has 230 valence electrons. The Kier molecular flexibility index (Phi) is 10.2. The van der Waals surface area contributed by atoms with E-state index in [2.05, 4.69) is 20.5 Å². The third kappa shape index (κ3) is 7.40. The lowest BCUT2D eigenvalue weighted by Crippen LogP contribution is -2.32. The number of unbranched alkanes of at least 4 members (excludes halogenated alkanes) is 1. The maximum Gasteiger partial charge on any atom is 0.256 e. The molecule has 1 unspecified atom stereocenters. The molecule has 6 N–H and O–H groups in total. The SMILES string of the molecule is CCCCc1nc(O)c(-c2nnc(CC(O)NCCc3ccc(S(N)(=O)=O)cc3)o2)c(O)c1-c1c(OC)cccc1OC. The number of hydrogen-bond donors (Lipinski definition) is 5. The number of rotatable bonds is 14. The van der Waals surface area contributed by atoms with Gasteiger partial charge in [-0.1, -0.05) is 31.5 Å². The van der Waals surface area contributed by atoms with Gasteiger partial charge >= 0.3 is 0 Å². The second-order valence-corrected chi connectivity index (χ2v) is 11.3. The van der Waals surface area contributed by atoms with Gasteiger partial charge in [-0.2, -0.15) is 0 Å². The van der Waals surface area contributed by atoms with Gasteiger partial charge in [-0.3, -0.25) is 5.32 Å². The van der Waals surface area contributed by atoms with Crippen LogP contribution in [0.3, 0.4) is 0 Å². The van der Waals surface area contributed by atoms with Crippen LogP contribution in [0.15, 0.2) is 51.8 Å². The number of hydrogen-bond acceptors (Lipinski definition) is 12. The number of primary sulfonamides is 1. The second kappa shape index (κ2) is 13.8. The van der Waals surface area contributed by atoms with E-state index >= 15 is 0 Å². The van der Waals surface area contributed by atoms with Crippen LogP contribution in [0, 0.1) is 0 Å². The predicted molar refractivity (Wildman–Crippen MR) is 157 cm³/mol. The average Bonchev–Trinajstić information content (AvgIpc) is 3.43. The first kappa shape index (κ1) is 31.7. The van der Waals surface area contributed by atoms with Crippen molar-refractivity contribution in [3.63, 3.8) is 0 Å². The Morgan fingerprint density at radius 2 is 1.65 bits per heavy atom. The lowest BCUT2D eigenvalue weighted by Gasteiger charge is -2.18. The van der Waals surface area contributed by atoms with Gasteiger partial charge in [0.1, 0.15) is 29.0 Å². The molecule has 4 rings (SSSR count). The highest BCUT2D eigenvalue weighted by molar-refractivity contribution is 7.89. The van der Waals surface area contributed by atoms with Crippen LogP contribution in [0.2, 0.25) is 0 Å². The molecule has 2 heterocycles. The van der Waals surface area contributed by atoms with Crippen molar-refractivity contribution < 1.29 is 37.6 Å². The van der Waals surface area contributed by atoms with E-state index in [1.165, 1.54) is 26.4 Å². The largest absolute Gasteiger partial charge is 0.506 e. The summed E-state index contributed by atoms with van der Waals surface area (Å²) in [5.41, 5.74) is 1.91. The zero-order chi connectivity index (χ0) is 31.1. The lowest BCUT2D eigenvalue weighted by molar-refractivity contribution is 0.130. The van der Waals surface area contributed by atoms with E-state index in [0.717, 1.165) is 18.4 Å². The van der Waals surface area contributed by atoms with Gasteiger partial charge in [-0.25, -0.2) is 18.5 Å². The van der Waals surface area contributed by atoms with Crippen LogP contribution in [-0.4, -0.2) is 65.9 Å². The summed E-state index contributed by atoms with van der Waals surface area (Å²) in [5.74, 6) is -0.0694. The van der Waals surface area contributed by atoms with Gasteiger partial charge in [0, 0.05) is 6.54 Å². The minimum absolute atomic E-state index is 0.0217. The van der Waals surface area contributed by atoms with Crippen molar-refractivity contribution in [1.82, 2.24) is 20.5 Å². The van der Waals surface area contributed by atoms with Crippen LogP contribution in [0.1, 0.15) is 36.9 Å². The van der Waals surface area contributed by atoms with Crippen LogP contribution < -0.4 is 19.9 Å². The molecule has 43 heavy (non-hydrogen) atoms. The van der Waals surface area contributed by atoms with Crippen LogP contribution in [-0.2, 0) is 29.3 Å². The quantitative estimate of drug-likeness (QED) is 0.130. The zero-order valence-corrected chi connectivity index (χ0v) is 24.9. The maximum atomic E-state index is 11.5. The van der Waals surface area contributed by atoms with E-state index in [0.29, 0.717) is 47.7 Å². The molecule has 0 amide bonds. The highest BCUT2D eigenvalue weighted by atomic mass is 32.2. The number of aryl methyl sites for hydroxylation is 1. The van der Waals surface area contributed by atoms with E-state index in [4.69, 9.17) is 19.0 Å². The number of ether oxygens (including phenoxy) is 2. The fourth-order valence-electron chi connectivity index (χ4n) is 4.59. The molecule has 13 nitrogen and oxygen atoms in total.